The molecule has 1 aromatic heterocycles. The van der Waals surface area contributed by atoms with E-state index in [0.29, 0.717) is 27.5 Å². The largest absolute Gasteiger partial charge is 0.324 e. The van der Waals surface area contributed by atoms with Crippen LogP contribution in [0.1, 0.15) is 18.1 Å². The van der Waals surface area contributed by atoms with Gasteiger partial charge in [-0.1, -0.05) is 17.7 Å². The van der Waals surface area contributed by atoms with E-state index >= 15 is 0 Å². The first-order chi connectivity index (χ1) is 11.5. The molecule has 2 aromatic carbocycles. The highest BCUT2D eigenvalue weighted by Gasteiger charge is 2.23. The van der Waals surface area contributed by atoms with Crippen molar-refractivity contribution in [2.75, 3.05) is 5.32 Å². The molecule has 1 aliphatic heterocycles. The number of benzene rings is 2. The summed E-state index contributed by atoms with van der Waals surface area (Å²) in [4.78, 5) is 33.6. The normalized spacial score (nSPS) is 17.2. The molecule has 24 heavy (non-hydrogen) atoms. The number of nitrogens with zero attached hydrogens (tertiary/aromatic N) is 1. The minimum absolute atomic E-state index is 0.176. The topological polar surface area (TPSA) is 90.1 Å². The Hall–Kier alpha value is -2.86. The van der Waals surface area contributed by atoms with E-state index in [1.165, 1.54) is 0 Å². The first-order valence-electron chi connectivity index (χ1n) is 7.42. The molecule has 1 unspecified atom stereocenters. The number of carbonyl (C=O) groups is 1. The standard InChI is InChI=1S/C17H13ClN4O2/c1-8-16(23)20-12-5-3-10(18)7-11(12)15(19-8)9-2-4-13-14(6-9)22-17(24)21-13/h2-8H,1H3,(H,20,23)(H2,21,22,24). The van der Waals surface area contributed by atoms with Gasteiger partial charge in [0, 0.05) is 16.1 Å². The zero-order valence-electron chi connectivity index (χ0n) is 12.7. The minimum Gasteiger partial charge on any atom is -0.324 e. The third-order valence-corrected chi connectivity index (χ3v) is 4.22. The molecule has 1 amide bonds. The van der Waals surface area contributed by atoms with Gasteiger partial charge in [-0.15, -0.1) is 0 Å². The van der Waals surface area contributed by atoms with Gasteiger partial charge < -0.3 is 15.3 Å². The number of nitrogens with one attached hydrogen (secondary N) is 3. The Morgan fingerprint density at radius 2 is 1.83 bits per heavy atom. The number of amides is 1. The number of rotatable bonds is 1. The zero-order valence-corrected chi connectivity index (χ0v) is 13.4. The van der Waals surface area contributed by atoms with E-state index in [0.717, 1.165) is 11.1 Å². The molecular formula is C17H13ClN4O2. The molecule has 0 aliphatic carbocycles. The van der Waals surface area contributed by atoms with Crippen LogP contribution in [-0.2, 0) is 4.79 Å². The van der Waals surface area contributed by atoms with Crippen molar-refractivity contribution in [3.8, 4) is 0 Å². The van der Waals surface area contributed by atoms with Crippen molar-refractivity contribution in [3.63, 3.8) is 0 Å². The van der Waals surface area contributed by atoms with Gasteiger partial charge in [0.2, 0.25) is 5.91 Å². The van der Waals surface area contributed by atoms with Gasteiger partial charge in [0.15, 0.2) is 0 Å². The number of benzodiazepines with no additional fused rings is 1. The summed E-state index contributed by atoms with van der Waals surface area (Å²) in [6.45, 7) is 1.74. The van der Waals surface area contributed by atoms with Crippen LogP contribution in [-0.4, -0.2) is 27.6 Å². The van der Waals surface area contributed by atoms with Crippen molar-refractivity contribution in [3.05, 3.63) is 63.0 Å². The second-order valence-electron chi connectivity index (χ2n) is 5.67. The van der Waals surface area contributed by atoms with E-state index < -0.39 is 6.04 Å². The van der Waals surface area contributed by atoms with E-state index in [-0.39, 0.29) is 11.6 Å². The van der Waals surface area contributed by atoms with Crippen LogP contribution in [0.25, 0.3) is 11.0 Å². The van der Waals surface area contributed by atoms with Crippen LogP contribution in [0.4, 0.5) is 5.69 Å². The van der Waals surface area contributed by atoms with Crippen LogP contribution in [0.3, 0.4) is 0 Å². The number of H-pyrrole nitrogens is 2. The van der Waals surface area contributed by atoms with Gasteiger partial charge in [0.1, 0.15) is 6.04 Å². The molecule has 1 atom stereocenters. The molecule has 0 radical (unpaired) electrons. The van der Waals surface area contributed by atoms with Crippen molar-refractivity contribution < 1.29 is 4.79 Å². The number of hydrogen-bond acceptors (Lipinski definition) is 3. The van der Waals surface area contributed by atoms with Crippen LogP contribution in [0.5, 0.6) is 0 Å². The lowest BCUT2D eigenvalue weighted by Crippen LogP contribution is -2.22. The highest BCUT2D eigenvalue weighted by Crippen LogP contribution is 2.27. The maximum Gasteiger partial charge on any atom is 0.323 e. The molecule has 0 fully saturated rings. The van der Waals surface area contributed by atoms with Crippen LogP contribution < -0.4 is 11.0 Å². The second kappa shape index (κ2) is 5.35. The maximum atomic E-state index is 12.2. The first-order valence-corrected chi connectivity index (χ1v) is 7.80. The average molecular weight is 341 g/mol. The predicted molar refractivity (Wildman–Crippen MR) is 94.1 cm³/mol. The summed E-state index contributed by atoms with van der Waals surface area (Å²) in [7, 11) is 0. The smallest absolute Gasteiger partial charge is 0.323 e. The Labute approximate surface area is 141 Å². The lowest BCUT2D eigenvalue weighted by molar-refractivity contribution is -0.116. The minimum atomic E-state index is -0.535. The van der Waals surface area contributed by atoms with Crippen LogP contribution in [0.15, 0.2) is 46.2 Å². The Kier molecular flexibility index (Phi) is 3.28. The molecule has 120 valence electrons. The van der Waals surface area contributed by atoms with Gasteiger partial charge in [-0.2, -0.15) is 0 Å². The molecule has 3 aromatic rings. The molecule has 3 N–H and O–H groups in total. The molecule has 0 bridgehead atoms. The fourth-order valence-electron chi connectivity index (χ4n) is 2.79. The van der Waals surface area contributed by atoms with Gasteiger partial charge in [-0.25, -0.2) is 4.79 Å². The van der Waals surface area contributed by atoms with Gasteiger partial charge in [-0.3, -0.25) is 9.79 Å². The summed E-state index contributed by atoms with van der Waals surface area (Å²) in [6.07, 6.45) is 0. The van der Waals surface area contributed by atoms with Crippen molar-refractivity contribution in [1.82, 2.24) is 9.97 Å². The number of aliphatic imine (C=N–C) groups is 1. The molecule has 2 heterocycles. The van der Waals surface area contributed by atoms with Crippen LogP contribution in [0.2, 0.25) is 5.02 Å². The maximum absolute atomic E-state index is 12.2. The number of halogens is 1. The van der Waals surface area contributed by atoms with Crippen LogP contribution in [0, 0.1) is 0 Å². The summed E-state index contributed by atoms with van der Waals surface area (Å²) in [5.74, 6) is -0.176. The quantitative estimate of drug-likeness (QED) is 0.635. The lowest BCUT2D eigenvalue weighted by Gasteiger charge is -2.10. The molecule has 1 aliphatic rings. The monoisotopic (exact) mass is 340 g/mol. The van der Waals surface area contributed by atoms with E-state index in [9.17, 15) is 9.59 Å². The fourth-order valence-corrected chi connectivity index (χ4v) is 2.96. The summed E-state index contributed by atoms with van der Waals surface area (Å²) in [5, 5.41) is 3.42. The average Bonchev–Trinajstić information content (AvgIpc) is 2.87. The Morgan fingerprint density at radius 1 is 1.04 bits per heavy atom. The molecule has 6 nitrogen and oxygen atoms in total. The summed E-state index contributed by atoms with van der Waals surface area (Å²) >= 11 is 6.13. The van der Waals surface area contributed by atoms with Gasteiger partial charge in [0.25, 0.3) is 0 Å². The Morgan fingerprint density at radius 3 is 2.67 bits per heavy atom. The molecule has 7 heteroatoms. The van der Waals surface area contributed by atoms with Crippen molar-refractivity contribution in [2.45, 2.75) is 13.0 Å². The number of carbonyl (C=O) groups excluding carboxylic acids is 1. The number of fused-ring (bicyclic) bond motifs is 2. The summed E-state index contributed by atoms with van der Waals surface area (Å²) in [5.41, 5.74) is 3.99. The van der Waals surface area contributed by atoms with Gasteiger partial charge in [-0.05, 0) is 37.3 Å². The summed E-state index contributed by atoms with van der Waals surface area (Å²) < 4.78 is 0. The Balaban J connectivity index is 1.96. The number of aromatic amines is 2. The predicted octanol–water partition coefficient (Wildman–Crippen LogP) is 2.69. The molecule has 0 saturated carbocycles. The SMILES string of the molecule is CC1N=C(c2ccc3[nH]c(=O)[nH]c3c2)c2cc(Cl)ccc2NC1=O. The third-order valence-electron chi connectivity index (χ3n) is 3.99. The van der Waals surface area contributed by atoms with Crippen molar-refractivity contribution in [2.24, 2.45) is 4.99 Å². The van der Waals surface area contributed by atoms with Crippen LogP contribution >= 0.6 is 11.6 Å². The Bertz CT molecular complexity index is 1060. The van der Waals surface area contributed by atoms with Crippen molar-refractivity contribution in [1.29, 1.82) is 0 Å². The molecule has 0 spiro atoms. The third kappa shape index (κ3) is 2.41. The van der Waals surface area contributed by atoms with Crippen molar-refractivity contribution >= 4 is 39.9 Å². The first kappa shape index (κ1) is 14.7. The number of aromatic nitrogens is 2. The number of hydrogen-bond donors (Lipinski definition) is 3. The second-order valence-corrected chi connectivity index (χ2v) is 6.11. The number of anilines is 1. The zero-order chi connectivity index (χ0) is 16.8. The fraction of sp³-hybridized carbons (Fsp3) is 0.118. The molecular weight excluding hydrogens is 328 g/mol. The van der Waals surface area contributed by atoms with E-state index in [1.807, 2.05) is 12.1 Å². The van der Waals surface area contributed by atoms with E-state index in [1.54, 1.807) is 31.2 Å². The number of imidazole rings is 1. The van der Waals surface area contributed by atoms with Gasteiger partial charge in [0.05, 0.1) is 22.4 Å². The van der Waals surface area contributed by atoms with E-state index in [4.69, 9.17) is 11.6 Å². The molecule has 0 saturated heterocycles. The summed E-state index contributed by atoms with van der Waals surface area (Å²) in [6, 6.07) is 10.2. The lowest BCUT2D eigenvalue weighted by atomic mass is 10.00. The highest BCUT2D eigenvalue weighted by atomic mass is 35.5. The van der Waals surface area contributed by atoms with Gasteiger partial charge >= 0.3 is 5.69 Å². The van der Waals surface area contributed by atoms with E-state index in [2.05, 4.69) is 20.3 Å². The molecule has 4 rings (SSSR count). The highest BCUT2D eigenvalue weighted by molar-refractivity contribution is 6.32.